The smallest absolute Gasteiger partial charge is 0.306 e. The number of rotatable bonds is 60. The van der Waals surface area contributed by atoms with Crippen molar-refractivity contribution in [3.05, 3.63) is 60.8 Å². The molecule has 1 unspecified atom stereocenters. The van der Waals surface area contributed by atoms with Gasteiger partial charge >= 0.3 is 17.9 Å². The lowest BCUT2D eigenvalue weighted by Gasteiger charge is -2.18. The highest BCUT2D eigenvalue weighted by Crippen LogP contribution is 2.17. The van der Waals surface area contributed by atoms with Gasteiger partial charge in [-0.1, -0.05) is 293 Å². The molecule has 0 N–H and O–H groups in total. The van der Waals surface area contributed by atoms with Gasteiger partial charge in [0.05, 0.1) is 0 Å². The van der Waals surface area contributed by atoms with Crippen molar-refractivity contribution in [1.82, 2.24) is 0 Å². The van der Waals surface area contributed by atoms with Gasteiger partial charge in [0.25, 0.3) is 0 Å². The zero-order valence-corrected chi connectivity index (χ0v) is 50.1. The number of allylic oxidation sites excluding steroid dienone is 10. The van der Waals surface area contributed by atoms with Crippen LogP contribution >= 0.6 is 0 Å². The van der Waals surface area contributed by atoms with Gasteiger partial charge in [-0.2, -0.15) is 0 Å². The van der Waals surface area contributed by atoms with Crippen LogP contribution in [0.3, 0.4) is 0 Å². The van der Waals surface area contributed by atoms with Gasteiger partial charge in [-0.25, -0.2) is 0 Å². The van der Waals surface area contributed by atoms with Crippen molar-refractivity contribution < 1.29 is 28.6 Å². The first kappa shape index (κ1) is 72.1. The van der Waals surface area contributed by atoms with Gasteiger partial charge in [-0.15, -0.1) is 0 Å². The molecular weight excluding hydrogens is 925 g/mol. The van der Waals surface area contributed by atoms with E-state index in [1.807, 2.05) is 0 Å². The first-order valence-electron chi connectivity index (χ1n) is 32.8. The lowest BCUT2D eigenvalue weighted by Crippen LogP contribution is -2.30. The van der Waals surface area contributed by atoms with Crippen LogP contribution in [0.5, 0.6) is 0 Å². The second-order valence-electron chi connectivity index (χ2n) is 22.0. The molecule has 6 heteroatoms. The first-order valence-corrected chi connectivity index (χ1v) is 32.8. The number of hydrogen-bond acceptors (Lipinski definition) is 6. The molecule has 0 heterocycles. The van der Waals surface area contributed by atoms with E-state index in [4.69, 9.17) is 14.2 Å². The molecule has 0 radical (unpaired) electrons. The second kappa shape index (κ2) is 63.6. The molecule has 0 rings (SSSR count). The van der Waals surface area contributed by atoms with Gasteiger partial charge < -0.3 is 14.2 Å². The van der Waals surface area contributed by atoms with E-state index in [0.717, 1.165) is 96.3 Å². The van der Waals surface area contributed by atoms with Crippen molar-refractivity contribution in [3.8, 4) is 0 Å². The van der Waals surface area contributed by atoms with Gasteiger partial charge in [-0.3, -0.25) is 14.4 Å². The Morgan fingerprint density at radius 1 is 0.267 bits per heavy atom. The molecule has 0 aromatic heterocycles. The zero-order chi connectivity index (χ0) is 54.3. The van der Waals surface area contributed by atoms with Crippen LogP contribution in [-0.4, -0.2) is 37.2 Å². The summed E-state index contributed by atoms with van der Waals surface area (Å²) in [5.74, 6) is -0.880. The Balaban J connectivity index is 4.36. The third-order valence-corrected chi connectivity index (χ3v) is 14.5. The summed E-state index contributed by atoms with van der Waals surface area (Å²) < 4.78 is 16.9. The topological polar surface area (TPSA) is 78.9 Å². The van der Waals surface area contributed by atoms with Crippen LogP contribution in [-0.2, 0) is 28.6 Å². The largest absolute Gasteiger partial charge is 0.462 e. The van der Waals surface area contributed by atoms with E-state index in [2.05, 4.69) is 81.5 Å². The van der Waals surface area contributed by atoms with E-state index in [1.54, 1.807) is 0 Å². The Morgan fingerprint density at radius 2 is 0.480 bits per heavy atom. The number of ether oxygens (including phenoxy) is 3. The molecule has 0 amide bonds. The van der Waals surface area contributed by atoms with Gasteiger partial charge in [-0.05, 0) is 89.9 Å². The lowest BCUT2D eigenvalue weighted by atomic mass is 10.0. The van der Waals surface area contributed by atoms with Crippen molar-refractivity contribution in [3.63, 3.8) is 0 Å². The number of carbonyl (C=O) groups excluding carboxylic acids is 3. The molecule has 0 aromatic carbocycles. The molecule has 0 saturated carbocycles. The van der Waals surface area contributed by atoms with Crippen LogP contribution in [0.25, 0.3) is 0 Å². The SMILES string of the molecule is CCCCCC/C=C\C/C=C\CCCCCCCC(=O)OCC(COC(=O)CCCCCCCCCC/C=C\C/C=C\C/C=C\CCCCCCC)OC(=O)CCCCCCCCCCCCCCCCCCCC. The summed E-state index contributed by atoms with van der Waals surface area (Å²) in [6.07, 6.45) is 80.8. The molecular formula is C69H124O6. The fourth-order valence-electron chi connectivity index (χ4n) is 9.54. The highest BCUT2D eigenvalue weighted by Gasteiger charge is 2.19. The highest BCUT2D eigenvalue weighted by molar-refractivity contribution is 5.71. The first-order chi connectivity index (χ1) is 37.0. The summed E-state index contributed by atoms with van der Waals surface area (Å²) in [6, 6.07) is 0. The summed E-state index contributed by atoms with van der Waals surface area (Å²) in [7, 11) is 0. The Labute approximate surface area is 466 Å². The molecule has 1 atom stereocenters. The molecule has 0 spiro atoms. The summed E-state index contributed by atoms with van der Waals surface area (Å²) in [5.41, 5.74) is 0. The maximum atomic E-state index is 12.9. The van der Waals surface area contributed by atoms with Crippen LogP contribution in [0.15, 0.2) is 60.8 Å². The van der Waals surface area contributed by atoms with Crippen LogP contribution in [0, 0.1) is 0 Å². The van der Waals surface area contributed by atoms with E-state index in [1.165, 1.54) is 205 Å². The molecule has 0 fully saturated rings. The van der Waals surface area contributed by atoms with Crippen molar-refractivity contribution >= 4 is 17.9 Å². The predicted octanol–water partition coefficient (Wildman–Crippen LogP) is 22.3. The molecule has 75 heavy (non-hydrogen) atoms. The fourth-order valence-corrected chi connectivity index (χ4v) is 9.54. The van der Waals surface area contributed by atoms with E-state index >= 15 is 0 Å². The summed E-state index contributed by atoms with van der Waals surface area (Å²) in [6.45, 7) is 6.64. The quantitative estimate of drug-likeness (QED) is 0.0261. The lowest BCUT2D eigenvalue weighted by molar-refractivity contribution is -0.167. The number of esters is 3. The van der Waals surface area contributed by atoms with Crippen LogP contribution < -0.4 is 0 Å². The van der Waals surface area contributed by atoms with Crippen molar-refractivity contribution in [2.75, 3.05) is 13.2 Å². The summed E-state index contributed by atoms with van der Waals surface area (Å²) >= 11 is 0. The van der Waals surface area contributed by atoms with E-state index < -0.39 is 6.10 Å². The molecule has 0 aromatic rings. The van der Waals surface area contributed by atoms with Crippen molar-refractivity contribution in [1.29, 1.82) is 0 Å². The predicted molar refractivity (Wildman–Crippen MR) is 325 cm³/mol. The summed E-state index contributed by atoms with van der Waals surface area (Å²) in [5, 5.41) is 0. The Hall–Kier alpha value is -2.89. The Morgan fingerprint density at radius 3 is 0.760 bits per heavy atom. The monoisotopic (exact) mass is 1050 g/mol. The van der Waals surface area contributed by atoms with Crippen LogP contribution in [0.1, 0.15) is 342 Å². The van der Waals surface area contributed by atoms with Gasteiger partial charge in [0.1, 0.15) is 13.2 Å². The summed E-state index contributed by atoms with van der Waals surface area (Å²) in [4.78, 5) is 38.4. The Kier molecular flexibility index (Phi) is 61.2. The molecule has 6 nitrogen and oxygen atoms in total. The maximum Gasteiger partial charge on any atom is 0.306 e. The number of unbranched alkanes of at least 4 members (excludes halogenated alkanes) is 39. The Bertz CT molecular complexity index is 1340. The minimum absolute atomic E-state index is 0.0798. The third-order valence-electron chi connectivity index (χ3n) is 14.5. The molecule has 0 saturated heterocycles. The number of hydrogen-bond donors (Lipinski definition) is 0. The molecule has 0 aliphatic rings. The maximum absolute atomic E-state index is 12.9. The molecule has 436 valence electrons. The standard InChI is InChI=1S/C69H124O6/c1-4-7-10-13-16-19-22-25-28-31-33-34-35-36-37-39-41-44-47-50-53-56-59-62-68(71)74-65-66(64-73-67(70)61-58-55-52-49-46-43-40-30-27-24-21-18-15-12-9-6-3)75-69(72)63-60-57-54-51-48-45-42-38-32-29-26-23-20-17-14-11-8-5-2/h21-22,24-25,30-31,33,35-36,40,66H,4-20,23,26-29,32,34,37-39,41-65H2,1-3H3/b24-21-,25-22-,33-31-,36-35-,40-30-. The van der Waals surface area contributed by atoms with Crippen LogP contribution in [0.4, 0.5) is 0 Å². The zero-order valence-electron chi connectivity index (χ0n) is 50.1. The van der Waals surface area contributed by atoms with Gasteiger partial charge in [0.2, 0.25) is 0 Å². The average Bonchev–Trinajstić information content (AvgIpc) is 3.41. The molecule has 0 aliphatic carbocycles. The number of carbonyl (C=O) groups is 3. The van der Waals surface area contributed by atoms with Crippen LogP contribution in [0.2, 0.25) is 0 Å². The van der Waals surface area contributed by atoms with Gasteiger partial charge in [0.15, 0.2) is 6.10 Å². The second-order valence-corrected chi connectivity index (χ2v) is 22.0. The van der Waals surface area contributed by atoms with E-state index in [9.17, 15) is 14.4 Å². The minimum atomic E-state index is -0.783. The highest BCUT2D eigenvalue weighted by atomic mass is 16.6. The van der Waals surface area contributed by atoms with E-state index in [0.29, 0.717) is 19.3 Å². The van der Waals surface area contributed by atoms with E-state index in [-0.39, 0.29) is 31.1 Å². The van der Waals surface area contributed by atoms with Crippen molar-refractivity contribution in [2.45, 2.75) is 348 Å². The average molecular weight is 1050 g/mol. The minimum Gasteiger partial charge on any atom is -0.462 e. The molecule has 0 aliphatic heterocycles. The van der Waals surface area contributed by atoms with Crippen molar-refractivity contribution in [2.24, 2.45) is 0 Å². The van der Waals surface area contributed by atoms with Gasteiger partial charge in [0, 0.05) is 19.3 Å². The molecule has 0 bridgehead atoms. The fraction of sp³-hybridized carbons (Fsp3) is 0.812. The third kappa shape index (κ3) is 61.8. The normalized spacial score (nSPS) is 12.4.